The zero-order valence-corrected chi connectivity index (χ0v) is 13.9. The number of allylic oxidation sites excluding steroid dienone is 2. The fraction of sp³-hybridized carbons (Fsp3) is 0.643. The Morgan fingerprint density at radius 3 is 1.94 bits per heavy atom. The highest BCUT2D eigenvalue weighted by atomic mass is 28.3. The lowest BCUT2D eigenvalue weighted by Crippen LogP contribution is -2.24. The summed E-state index contributed by atoms with van der Waals surface area (Å²) in [6.07, 6.45) is 1.23. The highest BCUT2D eigenvalue weighted by Gasteiger charge is 2.19. The molecule has 0 saturated heterocycles. The molecule has 0 amide bonds. The minimum Gasteiger partial charge on any atom is -0.428 e. The molecule has 0 aliphatic heterocycles. The predicted molar refractivity (Wildman–Crippen MR) is 78.2 cm³/mol. The molecular formula is C14H26O3Si. The standard InChI is InChI=1S/C14H26O3Si/c1-11(2)12(9-10-18(6,7)8)16-13(15)17-14(3,4)5/h9-10H,1-8H3/b10-9+. The Labute approximate surface area is 112 Å². The summed E-state index contributed by atoms with van der Waals surface area (Å²) in [5.41, 5.74) is 2.56. The maximum absolute atomic E-state index is 11.6. The summed E-state index contributed by atoms with van der Waals surface area (Å²) in [5, 5.41) is 0. The lowest BCUT2D eigenvalue weighted by Gasteiger charge is -2.19. The summed E-state index contributed by atoms with van der Waals surface area (Å²) in [5.74, 6) is 0.576. The first-order valence-corrected chi connectivity index (χ1v) is 9.76. The third-order valence-corrected chi connectivity index (χ3v) is 2.98. The summed E-state index contributed by atoms with van der Waals surface area (Å²) in [6, 6.07) is 0. The van der Waals surface area contributed by atoms with Gasteiger partial charge in [-0.2, -0.15) is 0 Å². The molecule has 0 aliphatic rings. The number of hydrogen-bond donors (Lipinski definition) is 0. The Balaban J connectivity index is 4.74. The van der Waals surface area contributed by atoms with Crippen molar-refractivity contribution >= 4 is 14.2 Å². The van der Waals surface area contributed by atoms with Gasteiger partial charge in [-0.05, 0) is 46.3 Å². The van der Waals surface area contributed by atoms with E-state index in [2.05, 4.69) is 25.3 Å². The second kappa shape index (κ2) is 6.23. The van der Waals surface area contributed by atoms with Gasteiger partial charge in [0.05, 0.1) is 8.07 Å². The van der Waals surface area contributed by atoms with Crippen LogP contribution in [0.1, 0.15) is 34.6 Å². The highest BCUT2D eigenvalue weighted by molar-refractivity contribution is 6.81. The van der Waals surface area contributed by atoms with Crippen molar-refractivity contribution in [1.29, 1.82) is 0 Å². The summed E-state index contributed by atoms with van der Waals surface area (Å²) in [7, 11) is -1.31. The van der Waals surface area contributed by atoms with Crippen molar-refractivity contribution in [3.63, 3.8) is 0 Å². The van der Waals surface area contributed by atoms with Crippen LogP contribution in [0, 0.1) is 0 Å². The highest BCUT2D eigenvalue weighted by Crippen LogP contribution is 2.15. The minimum atomic E-state index is -1.31. The quantitative estimate of drug-likeness (QED) is 0.324. The molecule has 0 unspecified atom stereocenters. The Kier molecular flexibility index (Phi) is 5.87. The van der Waals surface area contributed by atoms with Gasteiger partial charge in [-0.1, -0.05) is 25.3 Å². The molecule has 0 aromatic heterocycles. The van der Waals surface area contributed by atoms with E-state index in [9.17, 15) is 4.79 Å². The molecule has 3 nitrogen and oxygen atoms in total. The topological polar surface area (TPSA) is 35.5 Å². The lowest BCUT2D eigenvalue weighted by atomic mass is 10.2. The van der Waals surface area contributed by atoms with Gasteiger partial charge >= 0.3 is 6.16 Å². The lowest BCUT2D eigenvalue weighted by molar-refractivity contribution is 0.00752. The van der Waals surface area contributed by atoms with Gasteiger partial charge < -0.3 is 9.47 Å². The van der Waals surface area contributed by atoms with Crippen LogP contribution in [0.5, 0.6) is 0 Å². The van der Waals surface area contributed by atoms with Crippen LogP contribution in [0.15, 0.2) is 23.1 Å². The van der Waals surface area contributed by atoms with Crippen molar-refractivity contribution < 1.29 is 14.3 Å². The van der Waals surface area contributed by atoms with Gasteiger partial charge in [0.1, 0.15) is 11.4 Å². The minimum absolute atomic E-state index is 0.535. The average molecular weight is 270 g/mol. The molecule has 0 bridgehead atoms. The van der Waals surface area contributed by atoms with Gasteiger partial charge in [-0.15, -0.1) is 0 Å². The molecule has 0 heterocycles. The number of ether oxygens (including phenoxy) is 2. The molecule has 0 aromatic carbocycles. The summed E-state index contributed by atoms with van der Waals surface area (Å²) in [4.78, 5) is 11.6. The van der Waals surface area contributed by atoms with Gasteiger partial charge in [0.2, 0.25) is 0 Å². The van der Waals surface area contributed by atoms with E-state index in [-0.39, 0.29) is 0 Å². The van der Waals surface area contributed by atoms with E-state index in [1.165, 1.54) is 0 Å². The van der Waals surface area contributed by atoms with Gasteiger partial charge in [0.15, 0.2) is 0 Å². The van der Waals surface area contributed by atoms with Crippen LogP contribution in [0.3, 0.4) is 0 Å². The Bertz CT molecular complexity index is 350. The molecule has 0 aromatic rings. The van der Waals surface area contributed by atoms with Crippen LogP contribution in [0.25, 0.3) is 0 Å². The molecule has 0 rings (SSSR count). The third kappa shape index (κ3) is 9.04. The van der Waals surface area contributed by atoms with E-state index in [4.69, 9.17) is 9.47 Å². The summed E-state index contributed by atoms with van der Waals surface area (Å²) >= 11 is 0. The molecule has 0 atom stereocenters. The van der Waals surface area contributed by atoms with Crippen molar-refractivity contribution in [2.24, 2.45) is 0 Å². The SMILES string of the molecule is CC(C)=C(/C=C/[Si](C)(C)C)OC(=O)OC(C)(C)C. The predicted octanol–water partition coefficient (Wildman–Crippen LogP) is 4.67. The number of carbonyl (C=O) groups is 1. The van der Waals surface area contributed by atoms with E-state index >= 15 is 0 Å². The maximum atomic E-state index is 11.6. The molecule has 0 radical (unpaired) electrons. The van der Waals surface area contributed by atoms with Crippen molar-refractivity contribution in [3.8, 4) is 0 Å². The fourth-order valence-corrected chi connectivity index (χ4v) is 1.64. The Morgan fingerprint density at radius 2 is 1.61 bits per heavy atom. The molecule has 0 fully saturated rings. The first-order chi connectivity index (χ1) is 7.91. The Hall–Kier alpha value is -1.03. The van der Waals surface area contributed by atoms with E-state index in [0.717, 1.165) is 5.57 Å². The first kappa shape index (κ1) is 17.0. The molecular weight excluding hydrogens is 244 g/mol. The summed E-state index contributed by atoms with van der Waals surface area (Å²) in [6.45, 7) is 15.9. The van der Waals surface area contributed by atoms with Gasteiger partial charge in [0.25, 0.3) is 0 Å². The monoisotopic (exact) mass is 270 g/mol. The van der Waals surface area contributed by atoms with E-state index in [0.29, 0.717) is 5.76 Å². The maximum Gasteiger partial charge on any atom is 0.514 e. The molecule has 0 N–H and O–H groups in total. The normalized spacial score (nSPS) is 12.4. The van der Waals surface area contributed by atoms with E-state index < -0.39 is 19.8 Å². The summed E-state index contributed by atoms with van der Waals surface area (Å²) < 4.78 is 10.4. The van der Waals surface area contributed by atoms with Crippen LogP contribution in [-0.2, 0) is 9.47 Å². The van der Waals surface area contributed by atoms with Crippen LogP contribution >= 0.6 is 0 Å². The van der Waals surface area contributed by atoms with Crippen molar-refractivity contribution in [2.75, 3.05) is 0 Å². The van der Waals surface area contributed by atoms with Crippen molar-refractivity contribution in [3.05, 3.63) is 23.1 Å². The second-order valence-corrected chi connectivity index (χ2v) is 11.7. The first-order valence-electron chi connectivity index (χ1n) is 6.18. The van der Waals surface area contributed by atoms with Crippen LogP contribution < -0.4 is 0 Å². The molecule has 104 valence electrons. The molecule has 0 spiro atoms. The van der Waals surface area contributed by atoms with Crippen LogP contribution in [0.2, 0.25) is 19.6 Å². The van der Waals surface area contributed by atoms with Crippen molar-refractivity contribution in [1.82, 2.24) is 0 Å². The number of rotatable bonds is 3. The molecule has 0 aliphatic carbocycles. The van der Waals surface area contributed by atoms with E-state index in [1.807, 2.05) is 40.7 Å². The third-order valence-electron chi connectivity index (χ3n) is 1.81. The smallest absolute Gasteiger partial charge is 0.428 e. The zero-order valence-electron chi connectivity index (χ0n) is 12.9. The average Bonchev–Trinajstić information content (AvgIpc) is 2.06. The number of carbonyl (C=O) groups excluding carboxylic acids is 1. The van der Waals surface area contributed by atoms with Crippen LogP contribution in [0.4, 0.5) is 4.79 Å². The van der Waals surface area contributed by atoms with Gasteiger partial charge in [-0.25, -0.2) is 4.79 Å². The van der Waals surface area contributed by atoms with Crippen LogP contribution in [-0.4, -0.2) is 19.8 Å². The van der Waals surface area contributed by atoms with Gasteiger partial charge in [0, 0.05) is 0 Å². The largest absolute Gasteiger partial charge is 0.514 e. The molecule has 18 heavy (non-hydrogen) atoms. The molecule has 0 saturated carbocycles. The second-order valence-electron chi connectivity index (χ2n) is 6.63. The van der Waals surface area contributed by atoms with Gasteiger partial charge in [-0.3, -0.25) is 0 Å². The van der Waals surface area contributed by atoms with E-state index in [1.54, 1.807) is 0 Å². The number of hydrogen-bond acceptors (Lipinski definition) is 3. The molecule has 4 heteroatoms. The Morgan fingerprint density at radius 1 is 1.11 bits per heavy atom. The zero-order chi connectivity index (χ0) is 14.6. The fourth-order valence-electron chi connectivity index (χ4n) is 0.989. The van der Waals surface area contributed by atoms with Crippen molar-refractivity contribution in [2.45, 2.75) is 59.9 Å².